The summed E-state index contributed by atoms with van der Waals surface area (Å²) in [5, 5.41) is 8.68. The molecule has 0 aliphatic heterocycles. The van der Waals surface area contributed by atoms with Crippen molar-refractivity contribution in [2.45, 2.75) is 82.4 Å². The van der Waals surface area contributed by atoms with Crippen molar-refractivity contribution in [3.05, 3.63) is 0 Å². The normalized spacial score (nSPS) is 11.9. The maximum atomic E-state index is 10.5. The molecule has 18 heavy (non-hydrogen) atoms. The van der Waals surface area contributed by atoms with E-state index in [0.717, 1.165) is 12.8 Å². The molecule has 1 atom stereocenters. The van der Waals surface area contributed by atoms with Crippen LogP contribution in [0.4, 0.5) is 0 Å². The molecule has 0 spiro atoms. The van der Waals surface area contributed by atoms with Crippen molar-refractivity contribution in [1.29, 1.82) is 0 Å². The number of carbonyl (C=O) groups is 1. The zero-order valence-corrected chi connectivity index (χ0v) is 12.7. The van der Waals surface area contributed by atoms with E-state index in [1.807, 2.05) is 0 Å². The van der Waals surface area contributed by atoms with Crippen molar-refractivity contribution in [3.63, 3.8) is 0 Å². The van der Waals surface area contributed by atoms with Crippen molar-refractivity contribution in [1.82, 2.24) is 0 Å². The second-order valence-electron chi connectivity index (χ2n) is 4.78. The van der Waals surface area contributed by atoms with Gasteiger partial charge >= 0.3 is 35.5 Å². The molecule has 1 N–H and O–H groups in total. The number of aliphatic carboxylic acids is 1. The van der Waals surface area contributed by atoms with Gasteiger partial charge in [-0.2, -0.15) is 0 Å². The summed E-state index contributed by atoms with van der Waals surface area (Å²) in [6.45, 7) is 2.24. The first-order valence-electron chi connectivity index (χ1n) is 7.05. The van der Waals surface area contributed by atoms with Gasteiger partial charge in [0, 0.05) is 0 Å². The predicted octanol–water partition coefficient (Wildman–Crippen LogP) is 4.50. The van der Waals surface area contributed by atoms with E-state index in [1.165, 1.54) is 57.8 Å². The molecule has 0 bridgehead atoms. The summed E-state index contributed by atoms with van der Waals surface area (Å²) in [6, 6.07) is 0. The van der Waals surface area contributed by atoms with Crippen LogP contribution in [0.15, 0.2) is 0 Å². The topological polar surface area (TPSA) is 37.3 Å². The Morgan fingerprint density at radius 3 is 1.72 bits per heavy atom. The van der Waals surface area contributed by atoms with Crippen LogP contribution in [0.2, 0.25) is 0 Å². The monoisotopic (exact) mass is 330 g/mol. The molecule has 0 aromatic heterocycles. The van der Waals surface area contributed by atoms with E-state index in [4.69, 9.17) is 5.11 Å². The van der Waals surface area contributed by atoms with Crippen LogP contribution in [-0.4, -0.2) is 45.5 Å². The summed E-state index contributed by atoms with van der Waals surface area (Å²) in [6.07, 6.45) is 13.7. The zero-order chi connectivity index (χ0) is 12.9. The molecular weight excluding hydrogens is 303 g/mol. The van der Waals surface area contributed by atoms with Crippen LogP contribution in [-0.2, 0) is 4.79 Å². The van der Waals surface area contributed by atoms with Crippen LogP contribution in [0.25, 0.3) is 0 Å². The molecule has 0 fully saturated rings. The molecule has 0 saturated heterocycles. The summed E-state index contributed by atoms with van der Waals surface area (Å²) in [5.41, 5.74) is 0. The quantitative estimate of drug-likeness (QED) is 0.325. The molecular formula is C14H28BrNaO2. The van der Waals surface area contributed by atoms with Gasteiger partial charge in [0.25, 0.3) is 0 Å². The Kier molecular flexibility index (Phi) is 18.9. The fraction of sp³-hybridized carbons (Fsp3) is 0.929. The van der Waals surface area contributed by atoms with Crippen molar-refractivity contribution >= 4 is 51.5 Å². The molecule has 104 valence electrons. The fourth-order valence-corrected chi connectivity index (χ4v) is 2.26. The minimum absolute atomic E-state index is 0. The molecule has 0 aliphatic carbocycles. The first-order valence-corrected chi connectivity index (χ1v) is 7.97. The Labute approximate surface area is 143 Å². The Hall–Kier alpha value is 0.950. The van der Waals surface area contributed by atoms with Crippen molar-refractivity contribution in [2.24, 2.45) is 0 Å². The molecule has 0 aromatic rings. The van der Waals surface area contributed by atoms with Crippen molar-refractivity contribution < 1.29 is 9.90 Å². The van der Waals surface area contributed by atoms with Crippen molar-refractivity contribution in [2.75, 3.05) is 0 Å². The van der Waals surface area contributed by atoms with E-state index in [1.54, 1.807) is 0 Å². The maximum absolute atomic E-state index is 10.5. The summed E-state index contributed by atoms with van der Waals surface area (Å²) in [7, 11) is 0. The van der Waals surface area contributed by atoms with Crippen LogP contribution < -0.4 is 0 Å². The van der Waals surface area contributed by atoms with Gasteiger partial charge in [0.05, 0.1) is 0 Å². The average molecular weight is 331 g/mol. The van der Waals surface area contributed by atoms with E-state index in [-0.39, 0.29) is 34.4 Å². The van der Waals surface area contributed by atoms with Gasteiger partial charge < -0.3 is 5.11 Å². The van der Waals surface area contributed by atoms with Crippen LogP contribution in [0.1, 0.15) is 77.6 Å². The minimum atomic E-state index is -0.735. The molecule has 0 aromatic carbocycles. The van der Waals surface area contributed by atoms with Gasteiger partial charge in [-0.05, 0) is 6.42 Å². The number of hydrogen-bond donors (Lipinski definition) is 1. The molecule has 4 heteroatoms. The first-order chi connectivity index (χ1) is 8.18. The van der Waals surface area contributed by atoms with E-state index in [0.29, 0.717) is 0 Å². The Balaban J connectivity index is 0. The summed E-state index contributed by atoms with van der Waals surface area (Å²) >= 11 is 3.16. The Morgan fingerprint density at radius 1 is 0.944 bits per heavy atom. The molecule has 0 radical (unpaired) electrons. The van der Waals surface area contributed by atoms with Gasteiger partial charge in [0.2, 0.25) is 0 Å². The van der Waals surface area contributed by atoms with E-state index in [2.05, 4.69) is 22.9 Å². The van der Waals surface area contributed by atoms with E-state index < -0.39 is 5.97 Å². The number of rotatable bonds is 12. The van der Waals surface area contributed by atoms with E-state index in [9.17, 15) is 4.79 Å². The third-order valence-corrected chi connectivity index (χ3v) is 3.93. The number of hydrogen-bond acceptors (Lipinski definition) is 1. The number of halogens is 1. The van der Waals surface area contributed by atoms with Gasteiger partial charge in [-0.25, -0.2) is 0 Å². The Morgan fingerprint density at radius 2 is 1.33 bits per heavy atom. The summed E-state index contributed by atoms with van der Waals surface area (Å²) in [5.74, 6) is -0.735. The van der Waals surface area contributed by atoms with Gasteiger partial charge in [0.15, 0.2) is 0 Å². The van der Waals surface area contributed by atoms with E-state index >= 15 is 0 Å². The molecule has 0 aliphatic rings. The van der Waals surface area contributed by atoms with Gasteiger partial charge in [-0.15, -0.1) is 0 Å². The fourth-order valence-electron chi connectivity index (χ4n) is 1.93. The van der Waals surface area contributed by atoms with Gasteiger partial charge in [-0.3, -0.25) is 4.79 Å². The third-order valence-electron chi connectivity index (χ3n) is 3.08. The molecule has 0 rings (SSSR count). The second kappa shape index (κ2) is 16.0. The third kappa shape index (κ3) is 15.0. The first kappa shape index (κ1) is 21.3. The van der Waals surface area contributed by atoms with Gasteiger partial charge in [-0.1, -0.05) is 87.1 Å². The summed E-state index contributed by atoms with van der Waals surface area (Å²) in [4.78, 5) is 10.2. The zero-order valence-electron chi connectivity index (χ0n) is 11.1. The predicted molar refractivity (Wildman–Crippen MR) is 84.0 cm³/mol. The molecule has 0 saturated carbocycles. The van der Waals surface area contributed by atoms with Crippen LogP contribution in [0.3, 0.4) is 0 Å². The standard InChI is InChI=1S/C14H27BrO2.Na.H/c1-2-3-4-5-6-7-8-9-10-11-12-13(15)14(16)17;;/h13H,2-12H2,1H3,(H,16,17);;. The van der Waals surface area contributed by atoms with Crippen LogP contribution in [0, 0.1) is 0 Å². The molecule has 1 unspecified atom stereocenters. The Bertz CT molecular complexity index is 189. The number of unbranched alkanes of at least 4 members (excludes halogenated alkanes) is 9. The van der Waals surface area contributed by atoms with Crippen molar-refractivity contribution in [3.8, 4) is 0 Å². The average Bonchev–Trinajstić information content (AvgIpc) is 2.31. The van der Waals surface area contributed by atoms with Crippen LogP contribution >= 0.6 is 15.9 Å². The SMILES string of the molecule is CCCCCCCCCCCCC(Br)C(=O)O.[NaH]. The molecule has 2 nitrogen and oxygen atoms in total. The second-order valence-corrected chi connectivity index (χ2v) is 5.88. The number of carboxylic acids is 1. The number of alkyl halides is 1. The molecule has 0 heterocycles. The summed E-state index contributed by atoms with van der Waals surface area (Å²) < 4.78 is 0. The van der Waals surface area contributed by atoms with Crippen LogP contribution in [0.5, 0.6) is 0 Å². The number of carboxylic acid groups (broad SMARTS) is 1. The van der Waals surface area contributed by atoms with Gasteiger partial charge in [0.1, 0.15) is 4.83 Å². The molecule has 0 amide bonds.